The van der Waals surface area contributed by atoms with Crippen molar-refractivity contribution in [3.63, 3.8) is 0 Å². The summed E-state index contributed by atoms with van der Waals surface area (Å²) >= 11 is 0. The van der Waals surface area contributed by atoms with Gasteiger partial charge in [-0.1, -0.05) is 18.2 Å². The van der Waals surface area contributed by atoms with Crippen LogP contribution in [0.2, 0.25) is 0 Å². The second-order valence-electron chi connectivity index (χ2n) is 6.14. The van der Waals surface area contributed by atoms with E-state index >= 15 is 0 Å². The summed E-state index contributed by atoms with van der Waals surface area (Å²) in [6.07, 6.45) is 3.77. The SMILES string of the molecule is Cc1cccc(C)c1-n1nnnc1CN[C@H](C)[C@H](C)n1cccn1. The number of tetrazole rings is 1. The number of para-hydroxylation sites is 1. The molecule has 2 heterocycles. The van der Waals surface area contributed by atoms with Crippen molar-refractivity contribution in [2.75, 3.05) is 0 Å². The van der Waals surface area contributed by atoms with Crippen molar-refractivity contribution in [1.29, 1.82) is 0 Å². The Balaban J connectivity index is 1.75. The minimum absolute atomic E-state index is 0.230. The summed E-state index contributed by atoms with van der Waals surface area (Å²) in [7, 11) is 0. The van der Waals surface area contributed by atoms with E-state index in [1.807, 2.05) is 27.7 Å². The van der Waals surface area contributed by atoms with E-state index in [-0.39, 0.29) is 12.1 Å². The molecule has 7 heteroatoms. The van der Waals surface area contributed by atoms with Crippen molar-refractivity contribution in [2.45, 2.75) is 46.3 Å². The number of aromatic nitrogens is 6. The molecule has 0 aliphatic rings. The predicted molar refractivity (Wildman–Crippen MR) is 91.9 cm³/mol. The summed E-state index contributed by atoms with van der Waals surface area (Å²) < 4.78 is 3.77. The molecule has 0 aliphatic heterocycles. The van der Waals surface area contributed by atoms with Gasteiger partial charge >= 0.3 is 0 Å². The smallest absolute Gasteiger partial charge is 0.170 e. The van der Waals surface area contributed by atoms with Gasteiger partial charge in [-0.3, -0.25) is 4.68 Å². The first-order valence-corrected chi connectivity index (χ1v) is 8.14. The largest absolute Gasteiger partial charge is 0.305 e. The van der Waals surface area contributed by atoms with Crippen LogP contribution in [-0.4, -0.2) is 36.0 Å². The summed E-state index contributed by atoms with van der Waals surface area (Å²) in [5, 5.41) is 20.0. The molecule has 0 bridgehead atoms. The first-order valence-electron chi connectivity index (χ1n) is 8.14. The topological polar surface area (TPSA) is 73.5 Å². The Kier molecular flexibility index (Phi) is 4.71. The molecular weight excluding hydrogens is 302 g/mol. The van der Waals surface area contributed by atoms with Gasteiger partial charge in [-0.15, -0.1) is 5.10 Å². The van der Waals surface area contributed by atoms with Gasteiger partial charge in [0.05, 0.1) is 18.3 Å². The Labute approximate surface area is 141 Å². The highest BCUT2D eigenvalue weighted by molar-refractivity contribution is 5.46. The van der Waals surface area contributed by atoms with Crippen molar-refractivity contribution in [2.24, 2.45) is 0 Å². The van der Waals surface area contributed by atoms with Crippen LogP contribution in [0.4, 0.5) is 0 Å². The van der Waals surface area contributed by atoms with Crippen molar-refractivity contribution >= 4 is 0 Å². The van der Waals surface area contributed by atoms with E-state index in [1.165, 1.54) is 0 Å². The minimum atomic E-state index is 0.230. The van der Waals surface area contributed by atoms with Crippen molar-refractivity contribution < 1.29 is 0 Å². The van der Waals surface area contributed by atoms with Crippen molar-refractivity contribution in [1.82, 2.24) is 35.3 Å². The number of hydrogen-bond donors (Lipinski definition) is 1. The van der Waals surface area contributed by atoms with Crippen LogP contribution in [0.5, 0.6) is 0 Å². The van der Waals surface area contributed by atoms with Crippen LogP contribution in [-0.2, 0) is 6.54 Å². The number of hydrogen-bond acceptors (Lipinski definition) is 5. The quantitative estimate of drug-likeness (QED) is 0.752. The van der Waals surface area contributed by atoms with E-state index in [1.54, 1.807) is 6.20 Å². The van der Waals surface area contributed by atoms with Gasteiger partial charge in [0.1, 0.15) is 0 Å². The van der Waals surface area contributed by atoms with Crippen LogP contribution in [0.1, 0.15) is 36.8 Å². The van der Waals surface area contributed by atoms with E-state index in [4.69, 9.17) is 0 Å². The second-order valence-corrected chi connectivity index (χ2v) is 6.14. The van der Waals surface area contributed by atoms with Crippen molar-refractivity contribution in [3.05, 3.63) is 53.6 Å². The molecule has 24 heavy (non-hydrogen) atoms. The van der Waals surface area contributed by atoms with E-state index in [9.17, 15) is 0 Å². The van der Waals surface area contributed by atoms with E-state index in [2.05, 4.69) is 65.8 Å². The van der Waals surface area contributed by atoms with Crippen LogP contribution in [0.25, 0.3) is 5.69 Å². The third-order valence-corrected chi connectivity index (χ3v) is 4.43. The van der Waals surface area contributed by atoms with Gasteiger partial charge in [0, 0.05) is 18.4 Å². The normalized spacial score (nSPS) is 13.8. The molecule has 0 saturated carbocycles. The molecule has 0 fully saturated rings. The van der Waals surface area contributed by atoms with Crippen LogP contribution >= 0.6 is 0 Å². The Morgan fingerprint density at radius 3 is 2.54 bits per heavy atom. The molecule has 0 saturated heterocycles. The maximum atomic E-state index is 4.30. The molecule has 2 aromatic heterocycles. The molecular formula is C17H23N7. The molecule has 3 aromatic rings. The van der Waals surface area contributed by atoms with Gasteiger partial charge in [0.2, 0.25) is 0 Å². The molecule has 0 spiro atoms. The van der Waals surface area contributed by atoms with E-state index < -0.39 is 0 Å². The maximum absolute atomic E-state index is 4.30. The highest BCUT2D eigenvalue weighted by atomic mass is 15.5. The first kappa shape index (κ1) is 16.3. The fraction of sp³-hybridized carbons (Fsp3) is 0.412. The summed E-state index contributed by atoms with van der Waals surface area (Å²) in [6.45, 7) is 9.01. The van der Waals surface area contributed by atoms with Crippen molar-refractivity contribution in [3.8, 4) is 5.69 Å². The average molecular weight is 325 g/mol. The van der Waals surface area contributed by atoms with Gasteiger partial charge in [-0.2, -0.15) is 9.78 Å². The molecule has 0 aliphatic carbocycles. The third kappa shape index (κ3) is 3.21. The standard InChI is InChI=1S/C17H23N7/c1-12-7-5-8-13(2)17(12)24-16(20-21-22-24)11-18-14(3)15(4)23-10-6-9-19-23/h5-10,14-15,18H,11H2,1-4H3/t14-,15+/m1/s1. The fourth-order valence-corrected chi connectivity index (χ4v) is 2.80. The molecule has 0 unspecified atom stereocenters. The number of nitrogens with zero attached hydrogens (tertiary/aromatic N) is 6. The zero-order valence-electron chi connectivity index (χ0n) is 14.5. The highest BCUT2D eigenvalue weighted by Crippen LogP contribution is 2.18. The van der Waals surface area contributed by atoms with Gasteiger partial charge in [-0.25, -0.2) is 0 Å². The monoisotopic (exact) mass is 325 g/mol. The van der Waals surface area contributed by atoms with Crippen LogP contribution < -0.4 is 5.32 Å². The zero-order chi connectivity index (χ0) is 17.1. The molecule has 0 amide bonds. The van der Waals surface area contributed by atoms with Gasteiger partial charge in [0.25, 0.3) is 0 Å². The summed E-state index contributed by atoms with van der Waals surface area (Å²) in [5.74, 6) is 0.798. The Bertz CT molecular complexity index is 771. The average Bonchev–Trinajstić information content (AvgIpc) is 3.23. The van der Waals surface area contributed by atoms with Crippen LogP contribution in [0, 0.1) is 13.8 Å². The Hall–Kier alpha value is -2.54. The lowest BCUT2D eigenvalue weighted by atomic mass is 10.1. The maximum Gasteiger partial charge on any atom is 0.170 e. The molecule has 1 aromatic carbocycles. The van der Waals surface area contributed by atoms with E-state index in [0.29, 0.717) is 6.54 Å². The first-order chi connectivity index (χ1) is 11.6. The predicted octanol–water partition coefficient (Wildman–Crippen LogP) is 2.21. The summed E-state index contributed by atoms with van der Waals surface area (Å²) in [5.41, 5.74) is 3.36. The molecule has 3 rings (SSSR count). The van der Waals surface area contributed by atoms with Gasteiger partial charge < -0.3 is 5.32 Å². The number of nitrogens with one attached hydrogen (secondary N) is 1. The lowest BCUT2D eigenvalue weighted by Gasteiger charge is -2.21. The lowest BCUT2D eigenvalue weighted by molar-refractivity contribution is 0.361. The zero-order valence-corrected chi connectivity index (χ0v) is 14.5. The number of aryl methyl sites for hydroxylation is 2. The molecule has 126 valence electrons. The fourth-order valence-electron chi connectivity index (χ4n) is 2.80. The van der Waals surface area contributed by atoms with Crippen LogP contribution in [0.3, 0.4) is 0 Å². The summed E-state index contributed by atoms with van der Waals surface area (Å²) in [4.78, 5) is 0. The lowest BCUT2D eigenvalue weighted by Crippen LogP contribution is -2.34. The highest BCUT2D eigenvalue weighted by Gasteiger charge is 2.17. The molecule has 1 N–H and O–H groups in total. The second kappa shape index (κ2) is 6.92. The number of rotatable bonds is 6. The minimum Gasteiger partial charge on any atom is -0.305 e. The molecule has 0 radical (unpaired) electrons. The van der Waals surface area contributed by atoms with Gasteiger partial charge in [-0.05, 0) is 55.3 Å². The molecule has 2 atom stereocenters. The van der Waals surface area contributed by atoms with Crippen LogP contribution in [0.15, 0.2) is 36.7 Å². The van der Waals surface area contributed by atoms with E-state index in [0.717, 1.165) is 22.6 Å². The summed E-state index contributed by atoms with van der Waals surface area (Å²) in [6, 6.07) is 8.60. The Morgan fingerprint density at radius 1 is 1.12 bits per heavy atom. The third-order valence-electron chi connectivity index (χ3n) is 4.43. The Morgan fingerprint density at radius 2 is 1.88 bits per heavy atom. The molecule has 7 nitrogen and oxygen atoms in total. The number of benzene rings is 1. The van der Waals surface area contributed by atoms with Gasteiger partial charge in [0.15, 0.2) is 5.82 Å².